The average Bonchev–Trinajstić information content (AvgIpc) is 2.76. The van der Waals surface area contributed by atoms with Crippen molar-refractivity contribution in [2.24, 2.45) is 0 Å². The van der Waals surface area contributed by atoms with Crippen molar-refractivity contribution in [2.45, 2.75) is 0 Å². The summed E-state index contributed by atoms with van der Waals surface area (Å²) in [7, 11) is 0. The fraction of sp³-hybridized carbons (Fsp3) is 1.00. The van der Waals surface area contributed by atoms with Crippen LogP contribution in [-0.2, 0) is 14.6 Å². The molecule has 2 aliphatic rings. The van der Waals surface area contributed by atoms with E-state index in [-0.39, 0.29) is 26.2 Å². The molecule has 1 spiro atoms. The summed E-state index contributed by atoms with van der Waals surface area (Å²) in [5, 5.41) is 22.6. The van der Waals surface area contributed by atoms with Crippen LogP contribution in [0.2, 0.25) is 0 Å². The van der Waals surface area contributed by atoms with Crippen molar-refractivity contribution in [1.82, 2.24) is 15.8 Å². The van der Waals surface area contributed by atoms with Crippen LogP contribution < -0.4 is 15.8 Å². The Morgan fingerprint density at radius 2 is 1.07 bits per heavy atom. The third kappa shape index (κ3) is 0.828. The van der Waals surface area contributed by atoms with Crippen molar-refractivity contribution in [3.8, 4) is 0 Å². The molecule has 2 heterocycles. The van der Waals surface area contributed by atoms with E-state index < -0.39 is 21.7 Å². The molecule has 2 aliphatic heterocycles. The third-order valence-corrected chi connectivity index (χ3v) is 11.8. The first-order valence-electron chi connectivity index (χ1n) is 4.06. The molecule has 0 bridgehead atoms. The number of nitrogens with zero attached hydrogens (tertiary/aromatic N) is 2. The topological polar surface area (TPSA) is 134 Å². The van der Waals surface area contributed by atoms with Gasteiger partial charge in [0.2, 0.25) is 0 Å². The summed E-state index contributed by atoms with van der Waals surface area (Å²) in [6.45, 7) is 0.760. The predicted octanol–water partition coefficient (Wildman–Crippen LogP) is -2.36. The first-order valence-corrected chi connectivity index (χ1v) is 8.56. The van der Waals surface area contributed by atoms with Crippen LogP contribution in [0.5, 0.6) is 0 Å². The molecule has 11 heteroatoms. The zero-order valence-electron chi connectivity index (χ0n) is 7.67. The molecule has 2 fully saturated rings. The van der Waals surface area contributed by atoms with E-state index in [4.69, 9.17) is 0 Å². The molecule has 0 unspecified atom stereocenters. The Kier molecular flexibility index (Phi) is 1.81. The van der Waals surface area contributed by atoms with E-state index in [0.717, 1.165) is 0 Å². The van der Waals surface area contributed by atoms with Crippen LogP contribution in [0.1, 0.15) is 0 Å². The summed E-state index contributed by atoms with van der Waals surface area (Å²) in [6, 6.07) is 0. The molecular weight excluding hydrogens is 303 g/mol. The van der Waals surface area contributed by atoms with E-state index in [2.05, 4.69) is 15.8 Å². The zero-order valence-corrected chi connectivity index (χ0v) is 9.23. The second kappa shape index (κ2) is 2.51. The van der Waals surface area contributed by atoms with Crippen LogP contribution >= 0.6 is 0 Å². The molecule has 0 amide bonds. The van der Waals surface area contributed by atoms with Gasteiger partial charge in [-0.15, -0.1) is 0 Å². The zero-order chi connectivity index (χ0) is 11.2. The van der Waals surface area contributed by atoms with E-state index in [1.165, 1.54) is 0 Å². The number of hydrogen-bond acceptors (Lipinski definition) is 8. The molecule has 2 rings (SSSR count). The first kappa shape index (κ1) is 10.8. The van der Waals surface area contributed by atoms with Crippen LogP contribution in [-0.4, -0.2) is 33.3 Å². The van der Waals surface area contributed by atoms with Gasteiger partial charge in [0.25, 0.3) is 0 Å². The fourth-order valence-electron chi connectivity index (χ4n) is 1.52. The second-order valence-electron chi connectivity index (χ2n) is 2.93. The molecule has 0 radical (unpaired) electrons. The van der Waals surface area contributed by atoms with Gasteiger partial charge in [0.1, 0.15) is 0 Å². The quantitative estimate of drug-likeness (QED) is 0.253. The Morgan fingerprint density at radius 3 is 1.27 bits per heavy atom. The maximum absolute atomic E-state index is 11.3. The van der Waals surface area contributed by atoms with E-state index in [0.29, 0.717) is 0 Å². The fourth-order valence-corrected chi connectivity index (χ4v) is 9.00. The van der Waals surface area contributed by atoms with Gasteiger partial charge in [0.15, 0.2) is 0 Å². The van der Waals surface area contributed by atoms with E-state index in [1.54, 1.807) is 0 Å². The van der Waals surface area contributed by atoms with Gasteiger partial charge >= 0.3 is 83.9 Å². The van der Waals surface area contributed by atoms with E-state index >= 15 is 0 Å². The summed E-state index contributed by atoms with van der Waals surface area (Å²) in [5.41, 5.74) is 0. The number of nitrogens with one attached hydrogen (secondary N) is 4. The van der Waals surface area contributed by atoms with Gasteiger partial charge in [-0.3, -0.25) is 0 Å². The number of hydrogen-bond donors (Lipinski definition) is 4. The van der Waals surface area contributed by atoms with Gasteiger partial charge in [-0.1, -0.05) is 0 Å². The summed E-state index contributed by atoms with van der Waals surface area (Å²) in [4.78, 5) is 22.6. The molecule has 15 heavy (non-hydrogen) atoms. The van der Waals surface area contributed by atoms with Crippen molar-refractivity contribution in [2.75, 3.05) is 26.2 Å². The Morgan fingerprint density at radius 1 is 0.800 bits per heavy atom. The molecule has 0 atom stereocenters. The number of rotatable bonds is 2. The monoisotopic (exact) mass is 314 g/mol. The van der Waals surface area contributed by atoms with Gasteiger partial charge < -0.3 is 0 Å². The van der Waals surface area contributed by atoms with Crippen molar-refractivity contribution in [1.29, 1.82) is 0 Å². The van der Waals surface area contributed by atoms with Gasteiger partial charge in [0.05, 0.1) is 0 Å². The Bertz CT molecular complexity index is 311. The van der Waals surface area contributed by atoms with Crippen LogP contribution in [0.4, 0.5) is 0 Å². The maximum atomic E-state index is 11.3. The van der Waals surface area contributed by atoms with Gasteiger partial charge in [-0.2, -0.15) is 0 Å². The second-order valence-corrected chi connectivity index (χ2v) is 11.7. The van der Waals surface area contributed by atoms with Crippen LogP contribution in [0.15, 0.2) is 0 Å². The normalized spacial score (nSPS) is 34.9. The van der Waals surface area contributed by atoms with Gasteiger partial charge in [-0.25, -0.2) is 0 Å². The van der Waals surface area contributed by atoms with Crippen LogP contribution in [0.3, 0.4) is 0 Å². The summed E-state index contributed by atoms with van der Waals surface area (Å²) >= 11 is -5.81. The molecule has 0 saturated carbocycles. The standard InChI is InChI=1S/2C2H6N2.2NO2.Pd/c2*3-1-2-4;2*2-1-3;/h2*3-4H,1-2H2;;;/q2*-2;;;+4. The molecule has 10 nitrogen and oxygen atoms in total. The minimum absolute atomic E-state index is 0.190. The molecule has 0 aromatic carbocycles. The van der Waals surface area contributed by atoms with Gasteiger partial charge in [-0.05, 0) is 0 Å². The summed E-state index contributed by atoms with van der Waals surface area (Å²) in [5.74, 6) is 0. The molecule has 92 valence electrons. The third-order valence-electron chi connectivity index (χ3n) is 2.20. The molecule has 0 aromatic rings. The molecule has 0 aliphatic carbocycles. The van der Waals surface area contributed by atoms with Crippen molar-refractivity contribution in [3.05, 3.63) is 20.2 Å². The molecule has 2 saturated heterocycles. The van der Waals surface area contributed by atoms with Crippen LogP contribution in [0.25, 0.3) is 0 Å². The summed E-state index contributed by atoms with van der Waals surface area (Å²) < 4.78 is 8.29. The average molecular weight is 315 g/mol. The Balaban J connectivity index is 2.74. The summed E-state index contributed by atoms with van der Waals surface area (Å²) in [6.07, 6.45) is 0. The van der Waals surface area contributed by atoms with Crippen molar-refractivity contribution >= 4 is 0 Å². The molecule has 4 N–H and O–H groups in total. The Hall–Kier alpha value is -0.698. The Labute approximate surface area is 84.3 Å². The van der Waals surface area contributed by atoms with Crippen LogP contribution in [0, 0.1) is 20.2 Å². The minimum atomic E-state index is -5.81. The first-order chi connectivity index (χ1) is 6.94. The molecule has 0 aromatic heterocycles. The predicted molar refractivity (Wildman–Crippen MR) is 46.0 cm³/mol. The molecular formula is C4H12N6O4Pd. The SMILES string of the molecule is O=[N+]([O-])[Pd]12([N+](=O)[O-])([NH]CC[NH]1)[NH]CC[NH]2. The van der Waals surface area contributed by atoms with Gasteiger partial charge in [0, 0.05) is 0 Å². The van der Waals surface area contributed by atoms with E-state index in [9.17, 15) is 20.2 Å². The van der Waals surface area contributed by atoms with Crippen molar-refractivity contribution in [3.63, 3.8) is 0 Å². The number of nitro groups is 2. The van der Waals surface area contributed by atoms with E-state index in [1.807, 2.05) is 0 Å². The van der Waals surface area contributed by atoms with Crippen molar-refractivity contribution < 1.29 is 21.7 Å².